The molecule has 1 aliphatic heterocycles. The molecule has 0 aromatic heterocycles. The second-order valence-corrected chi connectivity index (χ2v) is 5.48. The number of aromatic hydroxyl groups is 1. The van der Waals surface area contributed by atoms with Crippen LogP contribution in [0.15, 0.2) is 18.2 Å². The first kappa shape index (κ1) is 13.4. The lowest BCUT2D eigenvalue weighted by Crippen LogP contribution is -2.31. The highest BCUT2D eigenvalue weighted by Gasteiger charge is 2.26. The molecule has 2 unspecified atom stereocenters. The summed E-state index contributed by atoms with van der Waals surface area (Å²) in [6.45, 7) is 5.73. The van der Waals surface area contributed by atoms with Crippen molar-refractivity contribution in [2.24, 2.45) is 0 Å². The van der Waals surface area contributed by atoms with E-state index < -0.39 is 0 Å². The van der Waals surface area contributed by atoms with Gasteiger partial charge in [0, 0.05) is 18.2 Å². The number of aryl methyl sites for hydroxylation is 1. The summed E-state index contributed by atoms with van der Waals surface area (Å²) in [6, 6.07) is 6.19. The number of phenols is 1. The van der Waals surface area contributed by atoms with E-state index in [-0.39, 0.29) is 6.10 Å². The summed E-state index contributed by atoms with van der Waals surface area (Å²) in [5.74, 6) is 0.378. The van der Waals surface area contributed by atoms with Crippen LogP contribution in [0, 0.1) is 6.92 Å². The molecule has 3 nitrogen and oxygen atoms in total. The van der Waals surface area contributed by atoms with E-state index in [2.05, 4.69) is 4.90 Å². The highest BCUT2D eigenvalue weighted by Crippen LogP contribution is 2.27. The molecule has 0 aliphatic carbocycles. The van der Waals surface area contributed by atoms with Gasteiger partial charge >= 0.3 is 0 Å². The summed E-state index contributed by atoms with van der Waals surface area (Å²) in [6.07, 6.45) is 2.91. The number of phenolic OH excluding ortho intramolecular Hbond substituents is 1. The van der Waals surface area contributed by atoms with Crippen molar-refractivity contribution in [3.63, 3.8) is 0 Å². The van der Waals surface area contributed by atoms with Crippen molar-refractivity contribution in [1.82, 2.24) is 4.90 Å². The molecule has 1 aromatic rings. The van der Waals surface area contributed by atoms with Crippen molar-refractivity contribution < 1.29 is 10.2 Å². The fourth-order valence-electron chi connectivity index (χ4n) is 2.82. The largest absolute Gasteiger partial charge is 0.508 e. The zero-order valence-electron chi connectivity index (χ0n) is 11.3. The van der Waals surface area contributed by atoms with Gasteiger partial charge in [-0.1, -0.05) is 17.7 Å². The molecule has 1 aliphatic rings. The van der Waals surface area contributed by atoms with E-state index in [0.717, 1.165) is 31.5 Å². The van der Waals surface area contributed by atoms with E-state index in [1.807, 2.05) is 26.0 Å². The molecule has 2 N–H and O–H groups in total. The number of likely N-dealkylation sites (tertiary alicyclic amines) is 1. The van der Waals surface area contributed by atoms with Crippen molar-refractivity contribution in [3.8, 4) is 5.75 Å². The molecule has 1 fully saturated rings. The third kappa shape index (κ3) is 3.24. The van der Waals surface area contributed by atoms with E-state index in [1.165, 1.54) is 12.0 Å². The molecule has 0 radical (unpaired) electrons. The van der Waals surface area contributed by atoms with Crippen LogP contribution >= 0.6 is 0 Å². The molecule has 100 valence electrons. The Kier molecular flexibility index (Phi) is 4.25. The second-order valence-electron chi connectivity index (χ2n) is 5.48. The summed E-state index contributed by atoms with van der Waals surface area (Å²) in [4.78, 5) is 2.38. The molecule has 1 aromatic carbocycles. The average Bonchev–Trinajstić information content (AvgIpc) is 2.70. The molecule has 0 spiro atoms. The van der Waals surface area contributed by atoms with Gasteiger partial charge in [-0.3, -0.25) is 4.90 Å². The number of benzene rings is 1. The van der Waals surface area contributed by atoms with Crippen molar-refractivity contribution in [2.75, 3.05) is 6.54 Å². The Bertz CT molecular complexity index is 403. The Hall–Kier alpha value is -1.06. The Morgan fingerprint density at radius 3 is 2.94 bits per heavy atom. The van der Waals surface area contributed by atoms with Crippen LogP contribution in [-0.4, -0.2) is 33.8 Å². The van der Waals surface area contributed by atoms with E-state index in [4.69, 9.17) is 0 Å². The first-order valence-corrected chi connectivity index (χ1v) is 6.77. The maximum absolute atomic E-state index is 9.89. The van der Waals surface area contributed by atoms with Crippen LogP contribution in [0.5, 0.6) is 5.75 Å². The molecule has 1 saturated heterocycles. The second kappa shape index (κ2) is 5.72. The quantitative estimate of drug-likeness (QED) is 0.861. The summed E-state index contributed by atoms with van der Waals surface area (Å²) >= 11 is 0. The lowest BCUT2D eigenvalue weighted by atomic mass is 10.1. The van der Waals surface area contributed by atoms with Gasteiger partial charge in [-0.25, -0.2) is 0 Å². The molecule has 1 heterocycles. The number of hydrogen-bond acceptors (Lipinski definition) is 3. The van der Waals surface area contributed by atoms with Crippen LogP contribution in [0.3, 0.4) is 0 Å². The zero-order valence-corrected chi connectivity index (χ0v) is 11.3. The predicted molar refractivity (Wildman–Crippen MR) is 72.6 cm³/mol. The van der Waals surface area contributed by atoms with Gasteiger partial charge < -0.3 is 10.2 Å². The van der Waals surface area contributed by atoms with Gasteiger partial charge in [0.05, 0.1) is 6.10 Å². The maximum atomic E-state index is 9.89. The molecular formula is C15H23NO2. The lowest BCUT2D eigenvalue weighted by Gasteiger charge is -2.26. The van der Waals surface area contributed by atoms with Crippen molar-refractivity contribution >= 4 is 0 Å². The monoisotopic (exact) mass is 249 g/mol. The van der Waals surface area contributed by atoms with Crippen molar-refractivity contribution in [1.29, 1.82) is 0 Å². The summed E-state index contributed by atoms with van der Waals surface area (Å²) in [7, 11) is 0. The molecule has 18 heavy (non-hydrogen) atoms. The first-order valence-electron chi connectivity index (χ1n) is 6.77. The number of aliphatic hydroxyl groups excluding tert-OH is 1. The minimum absolute atomic E-state index is 0.248. The van der Waals surface area contributed by atoms with Gasteiger partial charge in [0.15, 0.2) is 0 Å². The van der Waals surface area contributed by atoms with Crippen LogP contribution in [0.2, 0.25) is 0 Å². The van der Waals surface area contributed by atoms with E-state index in [1.54, 1.807) is 6.07 Å². The van der Waals surface area contributed by atoms with Crippen molar-refractivity contribution in [2.45, 2.75) is 51.8 Å². The smallest absolute Gasteiger partial charge is 0.120 e. The highest BCUT2D eigenvalue weighted by atomic mass is 16.3. The topological polar surface area (TPSA) is 43.7 Å². The van der Waals surface area contributed by atoms with Gasteiger partial charge in [0.1, 0.15) is 5.75 Å². The van der Waals surface area contributed by atoms with Crippen LogP contribution in [0.1, 0.15) is 37.3 Å². The Morgan fingerprint density at radius 1 is 1.44 bits per heavy atom. The minimum atomic E-state index is -0.248. The molecule has 2 rings (SSSR count). The van der Waals surface area contributed by atoms with Crippen LogP contribution < -0.4 is 0 Å². The third-order valence-electron chi connectivity index (χ3n) is 3.72. The normalized spacial score (nSPS) is 22.3. The van der Waals surface area contributed by atoms with Crippen LogP contribution in [0.25, 0.3) is 0 Å². The van der Waals surface area contributed by atoms with Gasteiger partial charge in [0.25, 0.3) is 0 Å². The van der Waals surface area contributed by atoms with E-state index in [9.17, 15) is 10.2 Å². The number of aliphatic hydroxyl groups is 1. The number of nitrogens with zero attached hydrogens (tertiary/aromatic N) is 1. The molecule has 2 atom stereocenters. The molecule has 3 heteroatoms. The minimum Gasteiger partial charge on any atom is -0.508 e. The number of hydrogen-bond donors (Lipinski definition) is 2. The highest BCUT2D eigenvalue weighted by molar-refractivity contribution is 5.35. The molecular weight excluding hydrogens is 226 g/mol. The molecule has 0 amide bonds. The maximum Gasteiger partial charge on any atom is 0.120 e. The van der Waals surface area contributed by atoms with Crippen LogP contribution in [0.4, 0.5) is 0 Å². The number of rotatable bonds is 4. The fourth-order valence-corrected chi connectivity index (χ4v) is 2.82. The fraction of sp³-hybridized carbons (Fsp3) is 0.600. The SMILES string of the molecule is Cc1ccc(O)c(CN2CCCC2CC(C)O)c1. The molecule has 0 bridgehead atoms. The summed E-state index contributed by atoms with van der Waals surface area (Å²) in [5, 5.41) is 19.4. The van der Waals surface area contributed by atoms with E-state index in [0.29, 0.717) is 11.8 Å². The first-order chi connectivity index (χ1) is 8.56. The van der Waals surface area contributed by atoms with Gasteiger partial charge in [-0.05, 0) is 45.7 Å². The standard InChI is InChI=1S/C15H23NO2/c1-11-5-6-15(18)13(8-11)10-16-7-3-4-14(16)9-12(2)17/h5-6,8,12,14,17-18H,3-4,7,9-10H2,1-2H3. The van der Waals surface area contributed by atoms with Crippen LogP contribution in [-0.2, 0) is 6.54 Å². The van der Waals surface area contributed by atoms with Gasteiger partial charge in [-0.2, -0.15) is 0 Å². The molecule has 0 saturated carbocycles. The van der Waals surface area contributed by atoms with Crippen molar-refractivity contribution in [3.05, 3.63) is 29.3 Å². The van der Waals surface area contributed by atoms with Gasteiger partial charge in [-0.15, -0.1) is 0 Å². The summed E-state index contributed by atoms with van der Waals surface area (Å²) < 4.78 is 0. The van der Waals surface area contributed by atoms with E-state index >= 15 is 0 Å². The zero-order chi connectivity index (χ0) is 13.1. The Balaban J connectivity index is 2.05. The average molecular weight is 249 g/mol. The Labute approximate surface area is 109 Å². The summed E-state index contributed by atoms with van der Waals surface area (Å²) in [5.41, 5.74) is 2.17. The third-order valence-corrected chi connectivity index (χ3v) is 3.72. The predicted octanol–water partition coefficient (Wildman–Crippen LogP) is 2.44. The van der Waals surface area contributed by atoms with Gasteiger partial charge in [0.2, 0.25) is 0 Å². The lowest BCUT2D eigenvalue weighted by molar-refractivity contribution is 0.130. The Morgan fingerprint density at radius 2 is 2.22 bits per heavy atom.